The monoisotopic (exact) mass is 483 g/mol. The first-order valence-electron chi connectivity index (χ1n) is 8.47. The van der Waals surface area contributed by atoms with Crippen LogP contribution in [0, 0.1) is 6.92 Å². The number of rotatable bonds is 3. The molecule has 2 aliphatic heterocycles. The zero-order chi connectivity index (χ0) is 20.1. The second-order valence-electron chi connectivity index (χ2n) is 6.61. The van der Waals surface area contributed by atoms with Gasteiger partial charge in [-0.25, -0.2) is 22.9 Å². The molecule has 0 N–H and O–H groups in total. The van der Waals surface area contributed by atoms with Crippen molar-refractivity contribution in [3.63, 3.8) is 0 Å². The molecule has 3 heterocycles. The maximum absolute atomic E-state index is 12.3. The third-order valence-corrected chi connectivity index (χ3v) is 7.45. The van der Waals surface area contributed by atoms with Gasteiger partial charge in [0.1, 0.15) is 5.15 Å². The van der Waals surface area contributed by atoms with Crippen LogP contribution in [0.15, 0.2) is 39.4 Å². The predicted molar refractivity (Wildman–Crippen MR) is 109 cm³/mol. The van der Waals surface area contributed by atoms with E-state index >= 15 is 0 Å². The van der Waals surface area contributed by atoms with Crippen LogP contribution in [0.3, 0.4) is 0 Å². The molecule has 0 aliphatic carbocycles. The fourth-order valence-electron chi connectivity index (χ4n) is 3.20. The average molecular weight is 485 g/mol. The van der Waals surface area contributed by atoms with Crippen LogP contribution in [0.1, 0.15) is 29.3 Å². The summed E-state index contributed by atoms with van der Waals surface area (Å²) >= 11 is 9.87. The Morgan fingerprint density at radius 2 is 2.11 bits per heavy atom. The lowest BCUT2D eigenvalue weighted by atomic mass is 10.2. The van der Waals surface area contributed by atoms with E-state index in [1.807, 2.05) is 18.2 Å². The molecule has 0 unspecified atom stereocenters. The zero-order valence-corrected chi connectivity index (χ0v) is 17.9. The summed E-state index contributed by atoms with van der Waals surface area (Å²) in [5, 5.41) is 4.67. The van der Waals surface area contributed by atoms with Gasteiger partial charge >= 0.3 is 5.97 Å². The van der Waals surface area contributed by atoms with Gasteiger partial charge in [-0.1, -0.05) is 23.7 Å². The van der Waals surface area contributed by atoms with Gasteiger partial charge in [0.25, 0.3) is 0 Å². The van der Waals surface area contributed by atoms with E-state index in [1.54, 1.807) is 13.0 Å². The number of aryl methyl sites for hydroxylation is 1. The number of benzene rings is 1. The number of aromatic nitrogens is 2. The summed E-state index contributed by atoms with van der Waals surface area (Å²) in [5.41, 5.74) is 1.87. The first kappa shape index (κ1) is 19.4. The smallest absolute Gasteiger partial charge is 0.363 e. The Balaban J connectivity index is 1.70. The van der Waals surface area contributed by atoms with Crippen molar-refractivity contribution >= 4 is 55.3 Å². The van der Waals surface area contributed by atoms with Gasteiger partial charge in [-0.2, -0.15) is 5.10 Å². The van der Waals surface area contributed by atoms with Crippen molar-refractivity contribution < 1.29 is 17.9 Å². The Labute approximate surface area is 175 Å². The lowest BCUT2D eigenvalue weighted by Gasteiger charge is -2.09. The number of sulfone groups is 1. The Kier molecular flexibility index (Phi) is 4.93. The normalized spacial score (nSPS) is 22.5. The van der Waals surface area contributed by atoms with E-state index in [1.165, 1.54) is 10.8 Å². The van der Waals surface area contributed by atoms with Gasteiger partial charge in [-0.15, -0.1) is 0 Å². The van der Waals surface area contributed by atoms with E-state index in [9.17, 15) is 13.2 Å². The maximum atomic E-state index is 12.3. The molecule has 1 aromatic heterocycles. The Morgan fingerprint density at radius 1 is 1.36 bits per heavy atom. The van der Waals surface area contributed by atoms with Gasteiger partial charge in [0.2, 0.25) is 5.90 Å². The van der Waals surface area contributed by atoms with Crippen LogP contribution < -0.4 is 0 Å². The second kappa shape index (κ2) is 7.13. The molecule has 10 heteroatoms. The molecule has 1 fully saturated rings. The Hall–Kier alpha value is -1.97. The number of nitrogens with zero attached hydrogens (tertiary/aromatic N) is 3. The van der Waals surface area contributed by atoms with Crippen molar-refractivity contribution in [2.45, 2.75) is 19.4 Å². The summed E-state index contributed by atoms with van der Waals surface area (Å²) in [5.74, 6) is -0.255. The molecule has 28 heavy (non-hydrogen) atoms. The van der Waals surface area contributed by atoms with Gasteiger partial charge in [-0.3, -0.25) is 0 Å². The van der Waals surface area contributed by atoms with Crippen LogP contribution in [0.25, 0.3) is 6.08 Å². The van der Waals surface area contributed by atoms with Gasteiger partial charge < -0.3 is 4.74 Å². The van der Waals surface area contributed by atoms with Crippen LogP contribution >= 0.6 is 27.5 Å². The van der Waals surface area contributed by atoms with Crippen molar-refractivity contribution in [2.24, 2.45) is 4.99 Å². The first-order chi connectivity index (χ1) is 13.2. The molecule has 146 valence electrons. The number of carbonyl (C=O) groups is 1. The molecule has 0 radical (unpaired) electrons. The fraction of sp³-hybridized carbons (Fsp3) is 0.278. The summed E-state index contributed by atoms with van der Waals surface area (Å²) in [6, 6.07) is 6.98. The quantitative estimate of drug-likeness (QED) is 0.492. The van der Waals surface area contributed by atoms with Crippen molar-refractivity contribution in [1.82, 2.24) is 9.78 Å². The number of carbonyl (C=O) groups excluding carboxylic acids is 1. The first-order valence-corrected chi connectivity index (χ1v) is 11.5. The van der Waals surface area contributed by atoms with Crippen molar-refractivity contribution in [3.05, 3.63) is 56.4 Å². The third kappa shape index (κ3) is 3.54. The Morgan fingerprint density at radius 3 is 2.79 bits per heavy atom. The van der Waals surface area contributed by atoms with Crippen molar-refractivity contribution in [2.75, 3.05) is 11.5 Å². The number of hydrogen-bond donors (Lipinski definition) is 0. The Bertz CT molecular complexity index is 1150. The molecule has 0 spiro atoms. The fourth-order valence-corrected chi connectivity index (χ4v) is 5.72. The summed E-state index contributed by atoms with van der Waals surface area (Å²) < 4.78 is 31.1. The summed E-state index contributed by atoms with van der Waals surface area (Å²) in [7, 11) is -3.07. The number of hydrogen-bond acceptors (Lipinski definition) is 6. The minimum Gasteiger partial charge on any atom is -0.402 e. The molecule has 0 bridgehead atoms. The number of esters is 1. The highest BCUT2D eigenvalue weighted by Crippen LogP contribution is 2.32. The predicted octanol–water partition coefficient (Wildman–Crippen LogP) is 3.31. The highest BCUT2D eigenvalue weighted by molar-refractivity contribution is 9.10. The van der Waals surface area contributed by atoms with Crippen molar-refractivity contribution in [3.8, 4) is 0 Å². The highest BCUT2D eigenvalue weighted by atomic mass is 79.9. The molecular formula is C18H15BrClN3O4S. The van der Waals surface area contributed by atoms with Gasteiger partial charge in [0.05, 0.1) is 28.8 Å². The van der Waals surface area contributed by atoms with Crippen LogP contribution in [0.2, 0.25) is 5.15 Å². The molecule has 1 atom stereocenters. The van der Waals surface area contributed by atoms with E-state index in [2.05, 4.69) is 26.0 Å². The molecule has 1 aromatic carbocycles. The topological polar surface area (TPSA) is 90.6 Å². The van der Waals surface area contributed by atoms with Crippen LogP contribution in [0.4, 0.5) is 0 Å². The standard InChI is InChI=1S/C18H15BrClN3O4S/c1-10-13(16(20)23(22-10)11-6-7-28(25,26)9-11)8-15-18(24)27-17(21-15)12-4-2-3-5-14(12)19/h2-5,8,11H,6-7,9H2,1H3/b15-8+/t11-/m0/s1. The van der Waals surface area contributed by atoms with Gasteiger partial charge in [0, 0.05) is 10.0 Å². The summed E-state index contributed by atoms with van der Waals surface area (Å²) in [6.07, 6.45) is 1.99. The van der Waals surface area contributed by atoms with E-state index in [0.717, 1.165) is 4.47 Å². The molecular weight excluding hydrogens is 470 g/mol. The largest absolute Gasteiger partial charge is 0.402 e. The minimum atomic E-state index is -3.07. The van der Waals surface area contributed by atoms with E-state index in [-0.39, 0.29) is 34.3 Å². The van der Waals surface area contributed by atoms with E-state index < -0.39 is 15.8 Å². The van der Waals surface area contributed by atoms with E-state index in [0.29, 0.717) is 23.2 Å². The molecule has 2 aromatic rings. The SMILES string of the molecule is Cc1nn([C@H]2CCS(=O)(=O)C2)c(Cl)c1/C=C1/N=C(c2ccccc2Br)OC1=O. The lowest BCUT2D eigenvalue weighted by molar-refractivity contribution is -0.129. The molecule has 1 saturated heterocycles. The highest BCUT2D eigenvalue weighted by Gasteiger charge is 2.32. The number of aliphatic imine (C=N–C) groups is 1. The number of cyclic esters (lactones) is 1. The molecule has 0 saturated carbocycles. The summed E-state index contributed by atoms with van der Waals surface area (Å²) in [6.45, 7) is 1.75. The van der Waals surface area contributed by atoms with E-state index in [4.69, 9.17) is 16.3 Å². The zero-order valence-electron chi connectivity index (χ0n) is 14.7. The van der Waals surface area contributed by atoms with Crippen LogP contribution in [-0.2, 0) is 19.4 Å². The van der Waals surface area contributed by atoms with Crippen molar-refractivity contribution in [1.29, 1.82) is 0 Å². The van der Waals surface area contributed by atoms with Gasteiger partial charge in [-0.05, 0) is 47.5 Å². The minimum absolute atomic E-state index is 0.0101. The molecule has 7 nitrogen and oxygen atoms in total. The third-order valence-electron chi connectivity index (χ3n) is 4.63. The van der Waals surface area contributed by atoms with Crippen LogP contribution in [0.5, 0.6) is 0 Å². The van der Waals surface area contributed by atoms with Crippen LogP contribution in [-0.4, -0.2) is 41.6 Å². The second-order valence-corrected chi connectivity index (χ2v) is 10.0. The number of ether oxygens (including phenoxy) is 1. The maximum Gasteiger partial charge on any atom is 0.363 e. The molecule has 4 rings (SSSR count). The summed E-state index contributed by atoms with van der Waals surface area (Å²) in [4.78, 5) is 16.6. The average Bonchev–Trinajstić information content (AvgIpc) is 3.27. The lowest BCUT2D eigenvalue weighted by Crippen LogP contribution is -2.12. The number of halogens is 2. The molecule has 0 amide bonds. The molecule has 2 aliphatic rings. The van der Waals surface area contributed by atoms with Gasteiger partial charge in [0.15, 0.2) is 15.5 Å².